The van der Waals surface area contributed by atoms with Crippen molar-refractivity contribution in [2.24, 2.45) is 5.73 Å². The highest BCUT2D eigenvalue weighted by Gasteiger charge is 2.25. The molecule has 1 amide bonds. The summed E-state index contributed by atoms with van der Waals surface area (Å²) in [6, 6.07) is 12.8. The van der Waals surface area contributed by atoms with Crippen LogP contribution in [0, 0.1) is 0 Å². The molecule has 0 unspecified atom stereocenters. The molecule has 0 aliphatic heterocycles. The smallest absolute Gasteiger partial charge is 0.270 e. The number of H-pyrrole nitrogens is 1. The van der Waals surface area contributed by atoms with Crippen LogP contribution < -0.4 is 21.7 Å². The van der Waals surface area contributed by atoms with E-state index in [4.69, 9.17) is 5.73 Å². The van der Waals surface area contributed by atoms with E-state index in [1.807, 2.05) is 36.4 Å². The Morgan fingerprint density at radius 2 is 1.87 bits per heavy atom. The van der Waals surface area contributed by atoms with Gasteiger partial charge in [-0.1, -0.05) is 44.2 Å². The van der Waals surface area contributed by atoms with Gasteiger partial charge < -0.3 is 26.6 Å². The number of amides is 1. The lowest BCUT2D eigenvalue weighted by Crippen LogP contribution is -2.30. The van der Waals surface area contributed by atoms with E-state index >= 15 is 0 Å². The molecule has 2 heterocycles. The SMILES string of the molecule is CCN(CC)CCCNC(=O)c1cc(Nc2cc(C3CC3)[nH]n2)nc(NCC(=O)C=C(N)c2ccccc2)n1. The van der Waals surface area contributed by atoms with Crippen molar-refractivity contribution in [2.75, 3.05) is 43.4 Å². The minimum absolute atomic E-state index is 0.0872. The van der Waals surface area contributed by atoms with Gasteiger partial charge in [0, 0.05) is 42.1 Å². The van der Waals surface area contributed by atoms with Crippen LogP contribution in [-0.4, -0.2) is 69.5 Å². The highest BCUT2D eigenvalue weighted by Crippen LogP contribution is 2.39. The van der Waals surface area contributed by atoms with E-state index in [0.29, 0.717) is 29.8 Å². The molecule has 4 rings (SSSR count). The van der Waals surface area contributed by atoms with Crippen molar-refractivity contribution in [1.29, 1.82) is 0 Å². The number of aromatic amines is 1. The molecule has 1 aromatic carbocycles. The van der Waals surface area contributed by atoms with Crippen LogP contribution in [0.5, 0.6) is 0 Å². The van der Waals surface area contributed by atoms with Crippen molar-refractivity contribution in [3.05, 3.63) is 65.5 Å². The third-order valence-corrected chi connectivity index (χ3v) is 6.51. The molecule has 0 saturated heterocycles. The predicted octanol–water partition coefficient (Wildman–Crippen LogP) is 3.26. The van der Waals surface area contributed by atoms with Crippen molar-refractivity contribution in [3.63, 3.8) is 0 Å². The Kier molecular flexibility index (Phi) is 9.63. The molecule has 1 fully saturated rings. The first-order chi connectivity index (χ1) is 18.9. The third-order valence-electron chi connectivity index (χ3n) is 6.51. The quantitative estimate of drug-likeness (QED) is 0.147. The second-order valence-electron chi connectivity index (χ2n) is 9.49. The molecular weight excluding hydrogens is 494 g/mol. The van der Waals surface area contributed by atoms with E-state index in [0.717, 1.165) is 50.2 Å². The average Bonchev–Trinajstić information content (AvgIpc) is 3.70. The van der Waals surface area contributed by atoms with Gasteiger partial charge in [-0.2, -0.15) is 10.1 Å². The highest BCUT2D eigenvalue weighted by molar-refractivity contribution is 5.98. The van der Waals surface area contributed by atoms with Crippen LogP contribution in [0.2, 0.25) is 0 Å². The number of carbonyl (C=O) groups excluding carboxylic acids is 2. The zero-order chi connectivity index (χ0) is 27.6. The number of hydrogen-bond acceptors (Lipinski definition) is 9. The van der Waals surface area contributed by atoms with Crippen LogP contribution in [0.25, 0.3) is 5.70 Å². The molecule has 39 heavy (non-hydrogen) atoms. The molecule has 2 aromatic heterocycles. The fourth-order valence-corrected chi connectivity index (χ4v) is 4.08. The zero-order valence-corrected chi connectivity index (χ0v) is 22.5. The molecular formula is C28H37N9O2. The van der Waals surface area contributed by atoms with Crippen LogP contribution in [0.1, 0.15) is 60.8 Å². The number of anilines is 3. The molecule has 0 bridgehead atoms. The molecule has 1 saturated carbocycles. The van der Waals surface area contributed by atoms with E-state index in [1.165, 1.54) is 6.08 Å². The summed E-state index contributed by atoms with van der Waals surface area (Å²) in [6.45, 7) is 7.53. The van der Waals surface area contributed by atoms with Gasteiger partial charge in [0.2, 0.25) is 5.95 Å². The van der Waals surface area contributed by atoms with Gasteiger partial charge in [-0.15, -0.1) is 0 Å². The van der Waals surface area contributed by atoms with Gasteiger partial charge in [0.15, 0.2) is 11.6 Å². The van der Waals surface area contributed by atoms with Crippen LogP contribution in [-0.2, 0) is 4.79 Å². The van der Waals surface area contributed by atoms with Gasteiger partial charge >= 0.3 is 0 Å². The number of aromatic nitrogens is 4. The highest BCUT2D eigenvalue weighted by atomic mass is 16.2. The number of hydrogen-bond donors (Lipinski definition) is 5. The van der Waals surface area contributed by atoms with E-state index in [2.05, 4.69) is 54.9 Å². The third kappa shape index (κ3) is 8.37. The topological polar surface area (TPSA) is 154 Å². The molecule has 1 aliphatic rings. The molecule has 11 nitrogen and oxygen atoms in total. The number of benzene rings is 1. The molecule has 0 atom stereocenters. The fourth-order valence-electron chi connectivity index (χ4n) is 4.08. The summed E-state index contributed by atoms with van der Waals surface area (Å²) in [4.78, 5) is 36.6. The number of ketones is 1. The number of carbonyl (C=O) groups is 2. The Labute approximate surface area is 228 Å². The summed E-state index contributed by atoms with van der Waals surface area (Å²) in [5, 5.41) is 16.4. The second kappa shape index (κ2) is 13.5. The van der Waals surface area contributed by atoms with Crippen LogP contribution >= 0.6 is 0 Å². The first-order valence-corrected chi connectivity index (χ1v) is 13.5. The Hall–Kier alpha value is -4.25. The minimum atomic E-state index is -0.316. The van der Waals surface area contributed by atoms with Gasteiger partial charge in [0.05, 0.1) is 6.54 Å². The van der Waals surface area contributed by atoms with E-state index in [-0.39, 0.29) is 29.9 Å². The Morgan fingerprint density at radius 3 is 2.59 bits per heavy atom. The van der Waals surface area contributed by atoms with Gasteiger partial charge in [-0.3, -0.25) is 14.7 Å². The van der Waals surface area contributed by atoms with Crippen LogP contribution in [0.15, 0.2) is 48.5 Å². The predicted molar refractivity (Wildman–Crippen MR) is 153 cm³/mol. The lowest BCUT2D eigenvalue weighted by atomic mass is 10.1. The summed E-state index contributed by atoms with van der Waals surface area (Å²) < 4.78 is 0. The maximum Gasteiger partial charge on any atom is 0.270 e. The van der Waals surface area contributed by atoms with Gasteiger partial charge in [0.25, 0.3) is 5.91 Å². The summed E-state index contributed by atoms with van der Waals surface area (Å²) in [5.41, 5.74) is 8.45. The van der Waals surface area contributed by atoms with E-state index < -0.39 is 0 Å². The summed E-state index contributed by atoms with van der Waals surface area (Å²) in [7, 11) is 0. The van der Waals surface area contributed by atoms with Gasteiger partial charge in [-0.25, -0.2) is 4.98 Å². The van der Waals surface area contributed by atoms with Crippen molar-refractivity contribution in [1.82, 2.24) is 30.4 Å². The summed E-state index contributed by atoms with van der Waals surface area (Å²) >= 11 is 0. The lowest BCUT2D eigenvalue weighted by Gasteiger charge is -2.17. The molecule has 0 spiro atoms. The van der Waals surface area contributed by atoms with E-state index in [9.17, 15) is 9.59 Å². The second-order valence-corrected chi connectivity index (χ2v) is 9.49. The van der Waals surface area contributed by atoms with Crippen molar-refractivity contribution < 1.29 is 9.59 Å². The summed E-state index contributed by atoms with van der Waals surface area (Å²) in [5.74, 6) is 1.09. The number of nitrogens with one attached hydrogen (secondary N) is 4. The first-order valence-electron chi connectivity index (χ1n) is 13.5. The van der Waals surface area contributed by atoms with Crippen molar-refractivity contribution >= 4 is 35.0 Å². The number of rotatable bonds is 15. The maximum atomic E-state index is 12.9. The molecule has 1 aliphatic carbocycles. The molecule has 11 heteroatoms. The van der Waals surface area contributed by atoms with Crippen LogP contribution in [0.3, 0.4) is 0 Å². The number of nitrogens with zero attached hydrogens (tertiary/aromatic N) is 4. The Morgan fingerprint density at radius 1 is 1.10 bits per heavy atom. The normalized spacial score (nSPS) is 13.4. The number of nitrogens with two attached hydrogens (primary N) is 1. The first kappa shape index (κ1) is 27.8. The standard InChI is InChI=1S/C28H37N9O2/c1-3-37(4-2)14-8-13-30-27(39)24-17-25(33-26-16-23(35-36-26)20-11-12-20)34-28(32-24)31-18-21(38)15-22(29)19-9-6-5-7-10-19/h5-7,9-10,15-17,20H,3-4,8,11-14,18,29H2,1-2H3,(H,30,39)(H3,31,32,33,34,35,36). The van der Waals surface area contributed by atoms with Crippen LogP contribution in [0.4, 0.5) is 17.6 Å². The molecule has 206 valence electrons. The summed E-state index contributed by atoms with van der Waals surface area (Å²) in [6.07, 6.45) is 4.50. The van der Waals surface area contributed by atoms with Gasteiger partial charge in [0.1, 0.15) is 11.5 Å². The van der Waals surface area contributed by atoms with E-state index in [1.54, 1.807) is 6.07 Å². The van der Waals surface area contributed by atoms with Gasteiger partial charge in [-0.05, 0) is 44.5 Å². The Balaban J connectivity index is 1.44. The molecule has 0 radical (unpaired) electrons. The van der Waals surface area contributed by atoms with Crippen molar-refractivity contribution in [3.8, 4) is 0 Å². The monoisotopic (exact) mass is 531 g/mol. The zero-order valence-electron chi connectivity index (χ0n) is 22.5. The average molecular weight is 532 g/mol. The minimum Gasteiger partial charge on any atom is -0.398 e. The molecule has 6 N–H and O–H groups in total. The Bertz CT molecular complexity index is 1280. The largest absolute Gasteiger partial charge is 0.398 e. The fraction of sp³-hybridized carbons (Fsp3) is 0.393. The lowest BCUT2D eigenvalue weighted by molar-refractivity contribution is -0.113. The maximum absolute atomic E-state index is 12.9. The molecule has 3 aromatic rings. The van der Waals surface area contributed by atoms with Crippen molar-refractivity contribution in [2.45, 2.75) is 39.0 Å².